The highest BCUT2D eigenvalue weighted by Crippen LogP contribution is 2.33. The Morgan fingerprint density at radius 3 is 1.55 bits per heavy atom. The molecule has 0 atom stereocenters. The van der Waals surface area contributed by atoms with Crippen LogP contribution < -0.4 is 5.19 Å². The minimum Gasteiger partial charge on any atom is -0.326 e. The number of nitrogens with zero attached hydrogens (tertiary/aromatic N) is 2. The lowest BCUT2D eigenvalue weighted by Gasteiger charge is -2.37. The zero-order valence-corrected chi connectivity index (χ0v) is 27.3. The molecule has 44 heavy (non-hydrogen) atoms. The van der Waals surface area contributed by atoms with Crippen molar-refractivity contribution in [3.63, 3.8) is 0 Å². The molecule has 216 valence electrons. The molecule has 5 aromatic carbocycles. The maximum Gasteiger partial charge on any atom is 0.103 e. The molecule has 0 saturated heterocycles. The minimum absolute atomic E-state index is 0.140. The highest BCUT2D eigenvalue weighted by molar-refractivity contribution is 6.57. The molecule has 2 nitrogen and oxygen atoms in total. The quantitative estimate of drug-likeness (QED) is 0.176. The average molecular weight is 587 g/mol. The Hall–Kier alpha value is -4.67. The van der Waals surface area contributed by atoms with E-state index in [-0.39, 0.29) is 10.6 Å². The Labute approximate surface area is 266 Å². The molecule has 1 heterocycles. The second-order valence-electron chi connectivity index (χ2n) is 12.0. The molecule has 0 spiro atoms. The molecule has 0 fully saturated rings. The molecule has 6 aromatic rings. The lowest BCUT2D eigenvalue weighted by atomic mass is 9.87. The topological polar surface area (TPSA) is 17.8 Å². The molecule has 1 aromatic heterocycles. The van der Waals surface area contributed by atoms with Gasteiger partial charge < -0.3 is 4.57 Å². The predicted octanol–water partition coefficient (Wildman–Crippen LogP) is 7.67. The number of imidazole rings is 1. The largest absolute Gasteiger partial charge is 0.326 e. The number of rotatable bonds is 7. The summed E-state index contributed by atoms with van der Waals surface area (Å²) in [7, 11) is 4.85. The van der Waals surface area contributed by atoms with Crippen molar-refractivity contribution in [2.75, 3.05) is 0 Å². The minimum atomic E-state index is -0.826. The van der Waals surface area contributed by atoms with Crippen molar-refractivity contribution in [3.05, 3.63) is 198 Å². The average Bonchev–Trinajstić information content (AvgIpc) is 3.62. The van der Waals surface area contributed by atoms with Crippen LogP contribution in [0.4, 0.5) is 0 Å². The van der Waals surface area contributed by atoms with E-state index < -0.39 is 9.52 Å². The highest BCUT2D eigenvalue weighted by Gasteiger charge is 2.36. The first kappa shape index (κ1) is 30.8. The summed E-state index contributed by atoms with van der Waals surface area (Å²) in [6, 6.07) is 51.3. The molecule has 4 heteroatoms. The molecular formula is C40H39BN2Si. The highest BCUT2D eigenvalue weighted by atomic mass is 28.2. The van der Waals surface area contributed by atoms with Gasteiger partial charge in [0.1, 0.15) is 7.85 Å². The smallest absolute Gasteiger partial charge is 0.103 e. The van der Waals surface area contributed by atoms with Crippen LogP contribution in [0.5, 0.6) is 0 Å². The maximum absolute atomic E-state index is 5.67. The van der Waals surface area contributed by atoms with Gasteiger partial charge in [0.25, 0.3) is 0 Å². The van der Waals surface area contributed by atoms with Crippen LogP contribution in [0, 0.1) is 0 Å². The monoisotopic (exact) mass is 586 g/mol. The summed E-state index contributed by atoms with van der Waals surface area (Å²) in [5.41, 5.74) is 7.52. The lowest BCUT2D eigenvalue weighted by molar-refractivity contribution is 0.589. The second kappa shape index (κ2) is 14.2. The van der Waals surface area contributed by atoms with E-state index in [9.17, 15) is 0 Å². The van der Waals surface area contributed by atoms with Crippen molar-refractivity contribution in [1.82, 2.24) is 9.55 Å². The summed E-state index contributed by atoms with van der Waals surface area (Å²) in [6.45, 7) is 6.85. The van der Waals surface area contributed by atoms with Crippen LogP contribution in [0.1, 0.15) is 48.6 Å². The summed E-state index contributed by atoms with van der Waals surface area (Å²) in [5.74, 6) is 1.66. The van der Waals surface area contributed by atoms with Crippen molar-refractivity contribution in [1.29, 1.82) is 0 Å². The predicted molar refractivity (Wildman–Crippen MR) is 190 cm³/mol. The zero-order valence-electron chi connectivity index (χ0n) is 25.8. The van der Waals surface area contributed by atoms with Gasteiger partial charge in [-0.25, -0.2) is 4.98 Å². The van der Waals surface area contributed by atoms with Crippen molar-refractivity contribution in [2.24, 2.45) is 0 Å². The van der Waals surface area contributed by atoms with Gasteiger partial charge in [0.15, 0.2) is 0 Å². The van der Waals surface area contributed by atoms with E-state index in [2.05, 4.69) is 146 Å². The van der Waals surface area contributed by atoms with E-state index >= 15 is 0 Å². The van der Waals surface area contributed by atoms with Crippen LogP contribution in [0.3, 0.4) is 0 Å². The Morgan fingerprint density at radius 1 is 0.636 bits per heavy atom. The second-order valence-corrected chi connectivity index (χ2v) is 14.2. The zero-order chi connectivity index (χ0) is 30.8. The Balaban J connectivity index is 0.000000215. The molecule has 0 aliphatic heterocycles. The van der Waals surface area contributed by atoms with Crippen molar-refractivity contribution >= 4 is 28.1 Å². The van der Waals surface area contributed by atoms with Crippen LogP contribution in [-0.2, 0) is 10.6 Å². The Kier molecular flexibility index (Phi) is 9.93. The molecule has 0 saturated carbocycles. The first-order valence-corrected chi connectivity index (χ1v) is 16.5. The van der Waals surface area contributed by atoms with Gasteiger partial charge >= 0.3 is 0 Å². The van der Waals surface area contributed by atoms with Gasteiger partial charge in [0.05, 0.1) is 21.0 Å². The fourth-order valence-electron chi connectivity index (χ4n) is 5.71. The van der Waals surface area contributed by atoms with Crippen LogP contribution in [0.2, 0.25) is 0 Å². The fraction of sp³-hybridized carbons (Fsp3) is 0.125. The van der Waals surface area contributed by atoms with E-state index in [4.69, 9.17) is 7.85 Å². The third-order valence-corrected chi connectivity index (χ3v) is 10.6. The van der Waals surface area contributed by atoms with Crippen LogP contribution in [-0.4, -0.2) is 26.9 Å². The third kappa shape index (κ3) is 7.10. The summed E-state index contributed by atoms with van der Waals surface area (Å²) in [6.07, 6.45) is 5.97. The van der Waals surface area contributed by atoms with Crippen LogP contribution >= 0.6 is 0 Å². The van der Waals surface area contributed by atoms with Crippen LogP contribution in [0.25, 0.3) is 5.57 Å². The fourth-order valence-corrected chi connectivity index (χ4v) is 8.13. The summed E-state index contributed by atoms with van der Waals surface area (Å²) >= 11 is 0. The normalized spacial score (nSPS) is 11.5. The molecule has 0 N–H and O–H groups in total. The molecule has 0 bridgehead atoms. The van der Waals surface area contributed by atoms with E-state index in [0.29, 0.717) is 0 Å². The van der Waals surface area contributed by atoms with Gasteiger partial charge in [-0.1, -0.05) is 172 Å². The number of hydrogen-bond donors (Lipinski definition) is 0. The number of hydrogen-bond acceptors (Lipinski definition) is 1. The van der Waals surface area contributed by atoms with Gasteiger partial charge in [-0.15, -0.1) is 5.98 Å². The van der Waals surface area contributed by atoms with Crippen LogP contribution in [0.15, 0.2) is 170 Å². The number of aromatic nitrogens is 2. The first-order valence-electron chi connectivity index (χ1n) is 15.1. The molecule has 6 rings (SSSR count). The van der Waals surface area contributed by atoms with Gasteiger partial charge in [0, 0.05) is 12.4 Å². The third-order valence-electron chi connectivity index (χ3n) is 8.04. The van der Waals surface area contributed by atoms with E-state index in [1.54, 1.807) is 5.98 Å². The molecule has 0 aliphatic carbocycles. The molecule has 2 radical (unpaired) electrons. The molecule has 0 unspecified atom stereocenters. The van der Waals surface area contributed by atoms with E-state index in [1.807, 2.05) is 48.9 Å². The summed E-state index contributed by atoms with van der Waals surface area (Å²) in [4.78, 5) is 4.42. The van der Waals surface area contributed by atoms with E-state index in [1.165, 1.54) is 21.9 Å². The SMILES string of the molecule is CC(C)(C)c1cccc([SiH2]C(c2ccccc2)(c2ccccc2)n2ccnc2)c1.[B]C=C(c1ccccc1)c1ccccc1. The summed E-state index contributed by atoms with van der Waals surface area (Å²) in [5, 5.41) is 1.23. The molecule has 0 aliphatic rings. The molecular weight excluding hydrogens is 547 g/mol. The summed E-state index contributed by atoms with van der Waals surface area (Å²) < 4.78 is 2.31. The standard InChI is InChI=1S/C26H28N2Si.C14H11B/c1-25(2,3)23-15-10-16-24(19-23)29-26(28-18-17-27-20-28,21-11-6-4-7-12-21)22-13-8-5-9-14-22;15-11-14(12-7-3-1-4-8-12)13-9-5-2-6-10-13/h4-20H,29H2,1-3H3;1-11H. The first-order chi connectivity index (χ1) is 21.4. The molecule has 0 amide bonds. The van der Waals surface area contributed by atoms with Gasteiger partial charge in [-0.2, -0.15) is 0 Å². The van der Waals surface area contributed by atoms with Gasteiger partial charge in [-0.05, 0) is 38.8 Å². The van der Waals surface area contributed by atoms with Crippen molar-refractivity contribution in [2.45, 2.75) is 31.3 Å². The Morgan fingerprint density at radius 2 is 1.11 bits per heavy atom. The maximum atomic E-state index is 5.67. The van der Waals surface area contributed by atoms with Gasteiger partial charge in [0.2, 0.25) is 0 Å². The lowest BCUT2D eigenvalue weighted by Crippen LogP contribution is -2.47. The Bertz CT molecular complexity index is 1660. The van der Waals surface area contributed by atoms with Gasteiger partial charge in [-0.3, -0.25) is 0 Å². The van der Waals surface area contributed by atoms with Crippen molar-refractivity contribution < 1.29 is 0 Å². The number of benzene rings is 5. The van der Waals surface area contributed by atoms with Crippen molar-refractivity contribution in [3.8, 4) is 0 Å². The van der Waals surface area contributed by atoms with E-state index in [0.717, 1.165) is 16.7 Å².